The number of benzene rings is 4. The number of nitrogens with two attached hydrogens (primary N) is 1. The average Bonchev–Trinajstić information content (AvgIpc) is 3.88. The fraction of sp³-hybridized carbons (Fsp3) is 0.273. The monoisotopic (exact) mass is 891 g/mol. The van der Waals surface area contributed by atoms with Crippen molar-refractivity contribution in [2.24, 2.45) is 27.6 Å². The Bertz CT molecular complexity index is 2230. The van der Waals surface area contributed by atoms with Crippen molar-refractivity contribution in [1.82, 2.24) is 9.80 Å². The van der Waals surface area contributed by atoms with Gasteiger partial charge in [0, 0.05) is 31.5 Å². The summed E-state index contributed by atoms with van der Waals surface area (Å²) < 4.78 is 0. The molecule has 0 radical (unpaired) electrons. The lowest BCUT2D eigenvalue weighted by atomic mass is 9.81. The zero-order chi connectivity index (χ0) is 41.8. The number of hydrogen-bond acceptors (Lipinski definition) is 8. The highest BCUT2D eigenvalue weighted by atomic mass is 35.5. The molecule has 4 heterocycles. The number of fused-ring (bicyclic) bond motifs is 2. The fourth-order valence-electron chi connectivity index (χ4n) is 8.15. The summed E-state index contributed by atoms with van der Waals surface area (Å²) in [5.74, 6) is -1.19. The van der Waals surface area contributed by atoms with E-state index in [0.29, 0.717) is 35.1 Å². The van der Waals surface area contributed by atoms with Gasteiger partial charge in [-0.3, -0.25) is 4.79 Å². The van der Waals surface area contributed by atoms with Crippen molar-refractivity contribution in [2.45, 2.75) is 64.7 Å². The van der Waals surface area contributed by atoms with E-state index in [1.54, 1.807) is 0 Å². The summed E-state index contributed by atoms with van der Waals surface area (Å²) in [6.45, 7) is 12.4. The van der Waals surface area contributed by atoms with Gasteiger partial charge < -0.3 is 20.6 Å². The molecule has 4 aliphatic rings. The molecule has 4 aromatic carbocycles. The number of amides is 1. The normalized spacial score (nSPS) is 23.6. The second-order valence-electron chi connectivity index (χ2n) is 15.4. The van der Waals surface area contributed by atoms with Gasteiger partial charge in [-0.05, 0) is 120 Å². The summed E-state index contributed by atoms with van der Waals surface area (Å²) in [7, 11) is 0. The number of halogens is 4. The fourth-order valence-corrected chi connectivity index (χ4v) is 11.2. The summed E-state index contributed by atoms with van der Waals surface area (Å²) in [6, 6.07) is 30.6. The van der Waals surface area contributed by atoms with Crippen LogP contribution in [0.1, 0.15) is 75.9 Å². The molecular weight excluding hydrogens is 852 g/mol. The number of carboxylic acid groups (broad SMARTS) is 1. The van der Waals surface area contributed by atoms with Crippen LogP contribution in [0.4, 0.5) is 0 Å². The average molecular weight is 894 g/mol. The van der Waals surface area contributed by atoms with Crippen LogP contribution in [-0.2, 0) is 20.7 Å². The first-order valence-corrected chi connectivity index (χ1v) is 21.8. The molecule has 4 aliphatic heterocycles. The maximum absolute atomic E-state index is 12.1. The Labute approximate surface area is 367 Å². The van der Waals surface area contributed by atoms with Crippen LogP contribution in [0.2, 0.25) is 20.1 Å². The molecule has 0 fully saturated rings. The van der Waals surface area contributed by atoms with E-state index in [2.05, 4.69) is 37.5 Å². The molecule has 0 aromatic heterocycles. The minimum atomic E-state index is -0.918. The first-order chi connectivity index (χ1) is 27.4. The maximum atomic E-state index is 12.1. The number of carboxylic acids is 1. The summed E-state index contributed by atoms with van der Waals surface area (Å²) in [4.78, 5) is 39.4. The van der Waals surface area contributed by atoms with Gasteiger partial charge in [0.15, 0.2) is 10.3 Å². The summed E-state index contributed by atoms with van der Waals surface area (Å²) >= 11 is 27.1. The second-order valence-corrected chi connectivity index (χ2v) is 19.1. The van der Waals surface area contributed by atoms with Crippen LogP contribution in [0.25, 0.3) is 0 Å². The molecule has 58 heavy (non-hydrogen) atoms. The Morgan fingerprint density at radius 2 is 0.914 bits per heavy atom. The molecule has 14 heteroatoms. The minimum absolute atomic E-state index is 0.0312. The third-order valence-electron chi connectivity index (χ3n) is 10.8. The van der Waals surface area contributed by atoms with Crippen LogP contribution < -0.4 is 5.73 Å². The number of hydrogen-bond donors (Lipinski definition) is 2. The van der Waals surface area contributed by atoms with E-state index in [4.69, 9.17) is 62.1 Å². The molecule has 1 amide bonds. The molecule has 4 atom stereocenters. The van der Waals surface area contributed by atoms with Crippen molar-refractivity contribution in [3.05, 3.63) is 161 Å². The van der Waals surface area contributed by atoms with Crippen LogP contribution in [0.3, 0.4) is 0 Å². The number of amidine groups is 2. The number of aliphatic carboxylic acids is 1. The molecule has 8 rings (SSSR count). The summed E-state index contributed by atoms with van der Waals surface area (Å²) in [5.41, 5.74) is 10.4. The maximum Gasteiger partial charge on any atom is 0.344 e. The second kappa shape index (κ2) is 16.3. The van der Waals surface area contributed by atoms with Crippen molar-refractivity contribution in [2.75, 3.05) is 0 Å². The SMILES string of the molecule is CC(C)C1=C(C(=O)O)SC2=N[C@@](C)(c3ccc(Cl)cc3)[C@@H](c3ccc(Cl)cc3)N21.CC(C)C1=C(C(N)=O)SC2=N[C@@](C)(c3ccc(Cl)cc3)[C@@H](c3ccc(Cl)cc3)N21. The lowest BCUT2D eigenvalue weighted by Gasteiger charge is -2.37. The quantitative estimate of drug-likeness (QED) is 0.181. The molecule has 0 spiro atoms. The van der Waals surface area contributed by atoms with E-state index < -0.39 is 23.0 Å². The van der Waals surface area contributed by atoms with Gasteiger partial charge >= 0.3 is 5.97 Å². The topological polar surface area (TPSA) is 112 Å². The van der Waals surface area contributed by atoms with Gasteiger partial charge in [0.1, 0.15) is 16.0 Å². The summed E-state index contributed by atoms with van der Waals surface area (Å²) in [5, 5.41) is 13.9. The Hall–Kier alpha value is -3.90. The Morgan fingerprint density at radius 1 is 0.603 bits per heavy atom. The first-order valence-electron chi connectivity index (χ1n) is 18.6. The molecule has 300 valence electrons. The van der Waals surface area contributed by atoms with Gasteiger partial charge in [0.25, 0.3) is 5.91 Å². The molecule has 0 bridgehead atoms. The molecule has 4 aromatic rings. The highest BCUT2D eigenvalue weighted by molar-refractivity contribution is 8.18. The van der Waals surface area contributed by atoms with Crippen molar-refractivity contribution >= 4 is 92.1 Å². The third kappa shape index (κ3) is 7.57. The van der Waals surface area contributed by atoms with Crippen molar-refractivity contribution in [3.63, 3.8) is 0 Å². The molecular formula is C44H41Cl4N5O3S2. The van der Waals surface area contributed by atoms with E-state index in [-0.39, 0.29) is 23.9 Å². The molecule has 8 nitrogen and oxygen atoms in total. The van der Waals surface area contributed by atoms with E-state index in [1.165, 1.54) is 23.5 Å². The molecule has 0 saturated heterocycles. The number of carbonyl (C=O) groups is 2. The van der Waals surface area contributed by atoms with Crippen LogP contribution in [0, 0.1) is 11.8 Å². The van der Waals surface area contributed by atoms with Crippen LogP contribution >= 0.6 is 69.9 Å². The Kier molecular flexibility index (Phi) is 11.9. The van der Waals surface area contributed by atoms with Gasteiger partial charge in [-0.15, -0.1) is 0 Å². The predicted octanol–water partition coefficient (Wildman–Crippen LogP) is 12.0. The van der Waals surface area contributed by atoms with Crippen LogP contribution in [0.15, 0.2) is 128 Å². The zero-order valence-electron chi connectivity index (χ0n) is 32.5. The van der Waals surface area contributed by atoms with Gasteiger partial charge in [-0.25, -0.2) is 14.8 Å². The number of thioether (sulfide) groups is 2. The standard InChI is InChI=1S/C22H21Cl2N3OS.C22H20Cl2N2O2S/c1-12(2)17-18(20(25)28)29-21-26-22(3,14-6-10-16(24)11-7-14)19(27(17)21)13-4-8-15(23)9-5-13;1-12(2)17-18(20(27)28)29-21-25-22(3,14-6-10-16(24)11-7-14)19(26(17)21)13-4-8-15(23)9-5-13/h4-12,19H,1-3H3,(H2,25,28);4-12,19H,1-3H3,(H,27,28)/t2*19-,22+/m11/s1. The molecule has 0 unspecified atom stereocenters. The minimum Gasteiger partial charge on any atom is -0.477 e. The number of nitrogens with zero attached hydrogens (tertiary/aromatic N) is 4. The molecule has 3 N–H and O–H groups in total. The molecule has 0 saturated carbocycles. The van der Waals surface area contributed by atoms with E-state index in [1.807, 2.05) is 111 Å². The lowest BCUT2D eigenvalue weighted by Crippen LogP contribution is -2.36. The van der Waals surface area contributed by atoms with Crippen LogP contribution in [-0.4, -0.2) is 37.1 Å². The number of aliphatic imine (C=N–C) groups is 2. The largest absolute Gasteiger partial charge is 0.477 e. The Morgan fingerprint density at radius 3 is 1.22 bits per heavy atom. The molecule has 0 aliphatic carbocycles. The van der Waals surface area contributed by atoms with Gasteiger partial charge in [-0.1, -0.05) is 123 Å². The highest BCUT2D eigenvalue weighted by Crippen LogP contribution is 2.57. The highest BCUT2D eigenvalue weighted by Gasteiger charge is 2.54. The van der Waals surface area contributed by atoms with Gasteiger partial charge in [0.2, 0.25) is 0 Å². The first kappa shape index (κ1) is 42.2. The third-order valence-corrected chi connectivity index (χ3v) is 13.9. The van der Waals surface area contributed by atoms with Gasteiger partial charge in [0.05, 0.1) is 17.0 Å². The van der Waals surface area contributed by atoms with Crippen molar-refractivity contribution in [3.8, 4) is 0 Å². The lowest BCUT2D eigenvalue weighted by molar-refractivity contribution is -0.132. The van der Waals surface area contributed by atoms with Gasteiger partial charge in [-0.2, -0.15) is 0 Å². The number of rotatable bonds is 8. The smallest absolute Gasteiger partial charge is 0.344 e. The number of primary amides is 1. The summed E-state index contributed by atoms with van der Waals surface area (Å²) in [6.07, 6.45) is 0. The van der Waals surface area contributed by atoms with Crippen molar-refractivity contribution in [1.29, 1.82) is 0 Å². The number of allylic oxidation sites excluding steroid dienone is 2. The Balaban J connectivity index is 0.000000177. The van der Waals surface area contributed by atoms with E-state index >= 15 is 0 Å². The predicted molar refractivity (Wildman–Crippen MR) is 240 cm³/mol. The van der Waals surface area contributed by atoms with Crippen molar-refractivity contribution < 1.29 is 14.7 Å². The van der Waals surface area contributed by atoms with E-state index in [0.717, 1.165) is 38.8 Å². The van der Waals surface area contributed by atoms with E-state index in [9.17, 15) is 14.7 Å². The van der Waals surface area contributed by atoms with Crippen LogP contribution in [0.5, 0.6) is 0 Å². The zero-order valence-corrected chi connectivity index (χ0v) is 37.2. The number of carbonyl (C=O) groups excluding carboxylic acids is 1.